The molecule has 4 nitrogen and oxygen atoms in total. The Hall–Kier alpha value is -1.07. The number of hydrogen-bond acceptors (Lipinski definition) is 3. The zero-order valence-corrected chi connectivity index (χ0v) is 13.5. The summed E-state index contributed by atoms with van der Waals surface area (Å²) in [6.45, 7) is 2.74. The number of ether oxygens (including phenoxy) is 1. The first-order valence-corrected chi connectivity index (χ1v) is 7.74. The maximum atomic E-state index is 12.8. The van der Waals surface area contributed by atoms with Crippen molar-refractivity contribution in [2.75, 3.05) is 13.7 Å². The van der Waals surface area contributed by atoms with Crippen LogP contribution in [0.25, 0.3) is 0 Å². The number of likely N-dealkylation sites (tertiary alicyclic amines) is 1. The summed E-state index contributed by atoms with van der Waals surface area (Å²) >= 11 is 3.45. The zero-order valence-electron chi connectivity index (χ0n) is 11.9. The van der Waals surface area contributed by atoms with Gasteiger partial charge in [0.1, 0.15) is 5.75 Å². The fraction of sp³-hybridized carbons (Fsp3) is 0.533. The van der Waals surface area contributed by atoms with Crippen molar-refractivity contribution in [1.82, 2.24) is 4.90 Å². The quantitative estimate of drug-likeness (QED) is 0.920. The van der Waals surface area contributed by atoms with Gasteiger partial charge in [-0.2, -0.15) is 0 Å². The Labute approximate surface area is 128 Å². The first-order valence-electron chi connectivity index (χ1n) is 6.94. The molecule has 0 radical (unpaired) electrons. The van der Waals surface area contributed by atoms with Crippen LogP contribution in [0.3, 0.4) is 0 Å². The average molecular weight is 341 g/mol. The van der Waals surface area contributed by atoms with Gasteiger partial charge < -0.3 is 15.4 Å². The number of nitrogens with two attached hydrogens (primary N) is 1. The molecule has 1 amide bonds. The largest absolute Gasteiger partial charge is 0.497 e. The smallest absolute Gasteiger partial charge is 0.255 e. The number of halogens is 1. The summed E-state index contributed by atoms with van der Waals surface area (Å²) < 4.78 is 5.99. The van der Waals surface area contributed by atoms with Crippen molar-refractivity contribution in [3.05, 3.63) is 28.2 Å². The van der Waals surface area contributed by atoms with Crippen molar-refractivity contribution >= 4 is 21.8 Å². The Morgan fingerprint density at radius 1 is 1.50 bits per heavy atom. The molecule has 0 saturated carbocycles. The summed E-state index contributed by atoms with van der Waals surface area (Å²) in [5.41, 5.74) is 6.67. The van der Waals surface area contributed by atoms with Crippen LogP contribution < -0.4 is 10.5 Å². The number of benzene rings is 1. The monoisotopic (exact) mass is 340 g/mol. The van der Waals surface area contributed by atoms with Crippen molar-refractivity contribution in [1.29, 1.82) is 0 Å². The number of methoxy groups -OCH3 is 1. The number of piperidine rings is 1. The Balaban J connectivity index is 2.29. The van der Waals surface area contributed by atoms with Gasteiger partial charge >= 0.3 is 0 Å². The Morgan fingerprint density at radius 2 is 2.25 bits per heavy atom. The van der Waals surface area contributed by atoms with E-state index >= 15 is 0 Å². The lowest BCUT2D eigenvalue weighted by Gasteiger charge is -2.38. The van der Waals surface area contributed by atoms with E-state index < -0.39 is 0 Å². The number of amides is 1. The van der Waals surface area contributed by atoms with Gasteiger partial charge in [-0.15, -0.1) is 0 Å². The van der Waals surface area contributed by atoms with E-state index in [1.807, 2.05) is 24.0 Å². The summed E-state index contributed by atoms with van der Waals surface area (Å²) in [5.74, 6) is 0.712. The van der Waals surface area contributed by atoms with Gasteiger partial charge in [-0.3, -0.25) is 4.79 Å². The Bertz CT molecular complexity index is 491. The second kappa shape index (κ2) is 6.59. The molecular weight excluding hydrogens is 320 g/mol. The lowest BCUT2D eigenvalue weighted by Crippen LogP contribution is -2.51. The van der Waals surface area contributed by atoms with Crippen LogP contribution >= 0.6 is 15.9 Å². The molecule has 2 atom stereocenters. The average Bonchev–Trinajstić information content (AvgIpc) is 2.47. The molecule has 0 aliphatic carbocycles. The van der Waals surface area contributed by atoms with E-state index in [0.717, 1.165) is 30.3 Å². The van der Waals surface area contributed by atoms with Crippen LogP contribution in [0.1, 0.15) is 36.5 Å². The third-order valence-corrected chi connectivity index (χ3v) is 4.51. The third-order valence-electron chi connectivity index (χ3n) is 3.82. The van der Waals surface area contributed by atoms with E-state index in [1.54, 1.807) is 13.2 Å². The minimum absolute atomic E-state index is 0.0105. The minimum atomic E-state index is -0.0105. The van der Waals surface area contributed by atoms with Crippen LogP contribution in [0.2, 0.25) is 0 Å². The van der Waals surface area contributed by atoms with Gasteiger partial charge in [0, 0.05) is 23.1 Å². The summed E-state index contributed by atoms with van der Waals surface area (Å²) in [6.07, 6.45) is 3.15. The highest BCUT2D eigenvalue weighted by Gasteiger charge is 2.30. The van der Waals surface area contributed by atoms with Gasteiger partial charge in [0.25, 0.3) is 5.91 Å². The van der Waals surface area contributed by atoms with Crippen LogP contribution in [-0.2, 0) is 0 Å². The predicted octanol–water partition coefficient (Wildman–Crippen LogP) is 2.80. The molecule has 110 valence electrons. The number of carbonyl (C=O) groups is 1. The standard InChI is InChI=1S/C15H21BrN2O2/c1-10(17)14-5-3-4-8-18(14)15(19)12-9-11(20-2)6-7-13(12)16/h6-7,9-10,14H,3-5,8,17H2,1-2H3. The van der Waals surface area contributed by atoms with E-state index in [0.29, 0.717) is 11.3 Å². The van der Waals surface area contributed by atoms with Gasteiger partial charge in [-0.1, -0.05) is 0 Å². The van der Waals surface area contributed by atoms with Crippen LogP contribution in [0.4, 0.5) is 0 Å². The third kappa shape index (κ3) is 3.15. The summed E-state index contributed by atoms with van der Waals surface area (Å²) in [4.78, 5) is 14.7. The molecule has 0 bridgehead atoms. The first-order chi connectivity index (χ1) is 9.54. The zero-order chi connectivity index (χ0) is 14.7. The number of rotatable bonds is 3. The van der Waals surface area contributed by atoms with Gasteiger partial charge in [0.2, 0.25) is 0 Å². The lowest BCUT2D eigenvalue weighted by atomic mass is 9.96. The second-order valence-corrected chi connectivity index (χ2v) is 6.12. The van der Waals surface area contributed by atoms with Crippen molar-refractivity contribution in [2.24, 2.45) is 5.73 Å². The topological polar surface area (TPSA) is 55.6 Å². The fourth-order valence-electron chi connectivity index (χ4n) is 2.71. The van der Waals surface area contributed by atoms with E-state index in [4.69, 9.17) is 10.5 Å². The number of carbonyl (C=O) groups excluding carboxylic acids is 1. The predicted molar refractivity (Wildman–Crippen MR) is 83.0 cm³/mol. The summed E-state index contributed by atoms with van der Waals surface area (Å²) in [5, 5.41) is 0. The van der Waals surface area contributed by atoms with E-state index in [9.17, 15) is 4.79 Å². The van der Waals surface area contributed by atoms with E-state index in [2.05, 4.69) is 15.9 Å². The van der Waals surface area contributed by atoms with Gasteiger partial charge in [-0.25, -0.2) is 0 Å². The van der Waals surface area contributed by atoms with Crippen molar-refractivity contribution in [2.45, 2.75) is 38.3 Å². The van der Waals surface area contributed by atoms with Crippen molar-refractivity contribution in [3.63, 3.8) is 0 Å². The van der Waals surface area contributed by atoms with Crippen LogP contribution in [0, 0.1) is 0 Å². The number of hydrogen-bond donors (Lipinski definition) is 1. The molecule has 20 heavy (non-hydrogen) atoms. The summed E-state index contributed by atoms with van der Waals surface area (Å²) in [6, 6.07) is 5.56. The first kappa shape index (κ1) is 15.3. The van der Waals surface area contributed by atoms with Crippen LogP contribution in [0.5, 0.6) is 5.75 Å². The summed E-state index contributed by atoms with van der Waals surface area (Å²) in [7, 11) is 1.60. The van der Waals surface area contributed by atoms with E-state index in [1.165, 1.54) is 0 Å². The molecule has 1 fully saturated rings. The molecule has 1 saturated heterocycles. The molecule has 2 unspecified atom stereocenters. The maximum Gasteiger partial charge on any atom is 0.255 e. The number of nitrogens with zero attached hydrogens (tertiary/aromatic N) is 1. The molecule has 1 aliphatic heterocycles. The SMILES string of the molecule is COc1ccc(Br)c(C(=O)N2CCCCC2C(C)N)c1. The molecule has 1 heterocycles. The van der Waals surface area contributed by atoms with Gasteiger partial charge in [0.15, 0.2) is 0 Å². The van der Waals surface area contributed by atoms with Crippen molar-refractivity contribution < 1.29 is 9.53 Å². The molecule has 0 aromatic heterocycles. The molecular formula is C15H21BrN2O2. The van der Waals surface area contributed by atoms with Crippen LogP contribution in [0.15, 0.2) is 22.7 Å². The molecule has 1 aromatic rings. The lowest BCUT2D eigenvalue weighted by molar-refractivity contribution is 0.0582. The molecule has 0 spiro atoms. The van der Waals surface area contributed by atoms with Crippen LogP contribution in [-0.4, -0.2) is 36.5 Å². The molecule has 2 N–H and O–H groups in total. The van der Waals surface area contributed by atoms with Gasteiger partial charge in [0.05, 0.1) is 12.7 Å². The molecule has 5 heteroatoms. The Morgan fingerprint density at radius 3 is 2.90 bits per heavy atom. The highest BCUT2D eigenvalue weighted by Crippen LogP contribution is 2.27. The van der Waals surface area contributed by atoms with Crippen molar-refractivity contribution in [3.8, 4) is 5.75 Å². The molecule has 1 aliphatic rings. The fourth-order valence-corrected chi connectivity index (χ4v) is 3.12. The van der Waals surface area contributed by atoms with E-state index in [-0.39, 0.29) is 18.0 Å². The second-order valence-electron chi connectivity index (χ2n) is 5.27. The highest BCUT2D eigenvalue weighted by molar-refractivity contribution is 9.10. The minimum Gasteiger partial charge on any atom is -0.497 e. The molecule has 2 rings (SSSR count). The maximum absolute atomic E-state index is 12.8. The Kier molecular flexibility index (Phi) is 5.05. The van der Waals surface area contributed by atoms with Gasteiger partial charge in [-0.05, 0) is 60.3 Å². The molecule has 1 aromatic carbocycles. The normalized spacial score (nSPS) is 20.6. The highest BCUT2D eigenvalue weighted by atomic mass is 79.9.